The summed E-state index contributed by atoms with van der Waals surface area (Å²) < 4.78 is 0. The lowest BCUT2D eigenvalue weighted by Gasteiger charge is -2.15. The molecule has 0 atom stereocenters. The van der Waals surface area contributed by atoms with Crippen LogP contribution in [0.1, 0.15) is 11.1 Å². The second-order valence-electron chi connectivity index (χ2n) is 13.3. The molecule has 2 aromatic heterocycles. The standard InChI is InChI=1S/C48H34N4/c1-31-19-23-35(24-20-31)46-50-47(36-25-21-32(2)22-26-36)52-48(51-46)39-16-9-15-37(29-39)38-27-28-41-43(30-38)49-45(34-13-7-4-8-14-34)42-18-10-17-40(44(41)42)33-11-5-3-6-12-33/h3-30H,1-2H3. The van der Waals surface area contributed by atoms with Gasteiger partial charge in [0.05, 0.1) is 11.2 Å². The van der Waals surface area contributed by atoms with Gasteiger partial charge in [-0.05, 0) is 48.2 Å². The lowest BCUT2D eigenvalue weighted by Crippen LogP contribution is -2.00. The predicted molar refractivity (Wildman–Crippen MR) is 215 cm³/mol. The number of aromatic nitrogens is 4. The summed E-state index contributed by atoms with van der Waals surface area (Å²) in [5, 5.41) is 3.46. The lowest BCUT2D eigenvalue weighted by molar-refractivity contribution is 1.07. The zero-order valence-electron chi connectivity index (χ0n) is 29.0. The Morgan fingerprint density at radius 2 is 0.827 bits per heavy atom. The van der Waals surface area contributed by atoms with Crippen LogP contribution in [0.15, 0.2) is 170 Å². The summed E-state index contributed by atoms with van der Waals surface area (Å²) in [6.07, 6.45) is 0. The molecule has 0 N–H and O–H groups in total. The number of nitrogens with zero attached hydrogens (tertiary/aromatic N) is 4. The predicted octanol–water partition coefficient (Wildman–Crippen LogP) is 12.2. The molecule has 0 unspecified atom stereocenters. The van der Waals surface area contributed by atoms with Crippen LogP contribution in [0.4, 0.5) is 0 Å². The van der Waals surface area contributed by atoms with Crippen molar-refractivity contribution in [1.82, 2.24) is 19.9 Å². The molecule has 0 amide bonds. The van der Waals surface area contributed by atoms with Crippen molar-refractivity contribution in [2.75, 3.05) is 0 Å². The number of aryl methyl sites for hydroxylation is 2. The van der Waals surface area contributed by atoms with Gasteiger partial charge < -0.3 is 0 Å². The molecule has 52 heavy (non-hydrogen) atoms. The first kappa shape index (κ1) is 31.2. The Morgan fingerprint density at radius 3 is 1.46 bits per heavy atom. The summed E-state index contributed by atoms with van der Waals surface area (Å²) in [7, 11) is 0. The van der Waals surface area contributed by atoms with Gasteiger partial charge in [-0.2, -0.15) is 0 Å². The molecule has 4 heteroatoms. The minimum Gasteiger partial charge on any atom is -0.247 e. The first-order chi connectivity index (χ1) is 25.6. The van der Waals surface area contributed by atoms with E-state index in [1.807, 2.05) is 6.07 Å². The molecule has 7 aromatic carbocycles. The fourth-order valence-corrected chi connectivity index (χ4v) is 6.92. The van der Waals surface area contributed by atoms with Gasteiger partial charge in [-0.1, -0.05) is 169 Å². The summed E-state index contributed by atoms with van der Waals surface area (Å²) in [5.41, 5.74) is 12.7. The van der Waals surface area contributed by atoms with E-state index in [1.54, 1.807) is 0 Å². The summed E-state index contributed by atoms with van der Waals surface area (Å²) in [4.78, 5) is 20.3. The molecule has 246 valence electrons. The van der Waals surface area contributed by atoms with Crippen LogP contribution in [0.2, 0.25) is 0 Å². The van der Waals surface area contributed by atoms with Gasteiger partial charge in [-0.3, -0.25) is 0 Å². The highest BCUT2D eigenvalue weighted by Crippen LogP contribution is 2.40. The molecule has 0 aliphatic rings. The highest BCUT2D eigenvalue weighted by molar-refractivity contribution is 6.17. The molecule has 9 rings (SSSR count). The zero-order valence-corrected chi connectivity index (χ0v) is 29.0. The Morgan fingerprint density at radius 1 is 0.327 bits per heavy atom. The van der Waals surface area contributed by atoms with Crippen molar-refractivity contribution in [3.63, 3.8) is 0 Å². The molecule has 0 saturated heterocycles. The van der Waals surface area contributed by atoms with Crippen LogP contribution in [0.3, 0.4) is 0 Å². The summed E-state index contributed by atoms with van der Waals surface area (Å²) in [5.74, 6) is 1.93. The van der Waals surface area contributed by atoms with Crippen LogP contribution in [0.25, 0.3) is 89.4 Å². The second-order valence-corrected chi connectivity index (χ2v) is 13.3. The van der Waals surface area contributed by atoms with E-state index in [0.29, 0.717) is 17.5 Å². The molecule has 0 spiro atoms. The molecule has 4 nitrogen and oxygen atoms in total. The summed E-state index contributed by atoms with van der Waals surface area (Å²) in [6.45, 7) is 4.17. The van der Waals surface area contributed by atoms with Gasteiger partial charge in [0.25, 0.3) is 0 Å². The maximum absolute atomic E-state index is 5.34. The number of fused-ring (bicyclic) bond motifs is 3. The Labute approximate surface area is 303 Å². The monoisotopic (exact) mass is 666 g/mol. The normalized spacial score (nSPS) is 11.3. The molecular weight excluding hydrogens is 633 g/mol. The number of hydrogen-bond donors (Lipinski definition) is 0. The minimum atomic E-state index is 0.631. The second kappa shape index (κ2) is 13.2. The summed E-state index contributed by atoms with van der Waals surface area (Å²) in [6, 6.07) is 59.4. The van der Waals surface area contributed by atoms with Gasteiger partial charge in [0.15, 0.2) is 17.5 Å². The Hall–Kier alpha value is -6.78. The highest BCUT2D eigenvalue weighted by Gasteiger charge is 2.17. The van der Waals surface area contributed by atoms with Crippen LogP contribution in [-0.2, 0) is 0 Å². The van der Waals surface area contributed by atoms with Gasteiger partial charge in [-0.15, -0.1) is 0 Å². The fraction of sp³-hybridized carbons (Fsp3) is 0.0417. The smallest absolute Gasteiger partial charge is 0.164 e. The lowest BCUT2D eigenvalue weighted by atomic mass is 9.92. The quantitative estimate of drug-likeness (QED) is 0.166. The third-order valence-electron chi connectivity index (χ3n) is 9.66. The van der Waals surface area contributed by atoms with E-state index in [-0.39, 0.29) is 0 Å². The average molecular weight is 667 g/mol. The van der Waals surface area contributed by atoms with Crippen LogP contribution >= 0.6 is 0 Å². The Bertz CT molecular complexity index is 2660. The van der Waals surface area contributed by atoms with Gasteiger partial charge in [0.2, 0.25) is 0 Å². The van der Waals surface area contributed by atoms with E-state index >= 15 is 0 Å². The molecular formula is C48H34N4. The third-order valence-corrected chi connectivity index (χ3v) is 9.66. The summed E-state index contributed by atoms with van der Waals surface area (Å²) >= 11 is 0. The van der Waals surface area contributed by atoms with Crippen LogP contribution in [0.5, 0.6) is 0 Å². The minimum absolute atomic E-state index is 0.631. The number of pyridine rings is 1. The topological polar surface area (TPSA) is 51.6 Å². The van der Waals surface area contributed by atoms with Crippen LogP contribution < -0.4 is 0 Å². The van der Waals surface area contributed by atoms with Crippen molar-refractivity contribution in [2.24, 2.45) is 0 Å². The molecule has 0 bridgehead atoms. The molecule has 2 heterocycles. The fourth-order valence-electron chi connectivity index (χ4n) is 6.92. The molecule has 0 radical (unpaired) electrons. The van der Waals surface area contributed by atoms with Gasteiger partial charge in [0.1, 0.15) is 0 Å². The largest absolute Gasteiger partial charge is 0.247 e. The molecule has 0 fully saturated rings. The van der Waals surface area contributed by atoms with Gasteiger partial charge in [-0.25, -0.2) is 19.9 Å². The SMILES string of the molecule is Cc1ccc(-c2nc(-c3ccc(C)cc3)nc(-c3cccc(-c4ccc5c(c4)nc(-c4ccccc4)c4cccc(-c6ccccc6)c45)c3)n2)cc1. The number of hydrogen-bond acceptors (Lipinski definition) is 4. The third kappa shape index (κ3) is 5.91. The number of rotatable bonds is 6. The van der Waals surface area contributed by atoms with Crippen molar-refractivity contribution in [2.45, 2.75) is 13.8 Å². The number of benzene rings is 7. The first-order valence-corrected chi connectivity index (χ1v) is 17.6. The molecule has 0 aliphatic heterocycles. The van der Waals surface area contributed by atoms with Crippen LogP contribution in [-0.4, -0.2) is 19.9 Å². The Balaban J connectivity index is 1.20. The average Bonchev–Trinajstić information content (AvgIpc) is 3.21. The van der Waals surface area contributed by atoms with E-state index in [4.69, 9.17) is 19.9 Å². The maximum Gasteiger partial charge on any atom is 0.164 e. The highest BCUT2D eigenvalue weighted by atomic mass is 15.0. The van der Waals surface area contributed by atoms with Crippen molar-refractivity contribution in [3.8, 4) is 67.7 Å². The van der Waals surface area contributed by atoms with Crippen LogP contribution in [0, 0.1) is 13.8 Å². The first-order valence-electron chi connectivity index (χ1n) is 17.6. The zero-order chi connectivity index (χ0) is 35.0. The van der Waals surface area contributed by atoms with Gasteiger partial charge >= 0.3 is 0 Å². The van der Waals surface area contributed by atoms with E-state index < -0.39 is 0 Å². The van der Waals surface area contributed by atoms with Crippen molar-refractivity contribution in [1.29, 1.82) is 0 Å². The van der Waals surface area contributed by atoms with E-state index in [9.17, 15) is 0 Å². The van der Waals surface area contributed by atoms with Crippen molar-refractivity contribution in [3.05, 3.63) is 181 Å². The molecule has 9 aromatic rings. The maximum atomic E-state index is 5.34. The molecule has 0 saturated carbocycles. The van der Waals surface area contributed by atoms with Crippen molar-refractivity contribution < 1.29 is 0 Å². The van der Waals surface area contributed by atoms with Crippen molar-refractivity contribution >= 4 is 21.7 Å². The Kier molecular flexibility index (Phi) is 7.90. The molecule has 0 aliphatic carbocycles. The van der Waals surface area contributed by atoms with E-state index in [0.717, 1.165) is 55.4 Å². The van der Waals surface area contributed by atoms with E-state index in [2.05, 4.69) is 178 Å². The van der Waals surface area contributed by atoms with E-state index in [1.165, 1.54) is 27.6 Å². The van der Waals surface area contributed by atoms with Gasteiger partial charge in [0, 0.05) is 38.4 Å².